The molecule has 2 aromatic carbocycles. The van der Waals surface area contributed by atoms with Crippen molar-refractivity contribution in [2.45, 2.75) is 69.1 Å². The van der Waals surface area contributed by atoms with E-state index in [0.29, 0.717) is 13.2 Å². The number of fused-ring (bicyclic) bond motifs is 3. The zero-order valence-corrected chi connectivity index (χ0v) is 23.4. The molecule has 5 rings (SSSR count). The summed E-state index contributed by atoms with van der Waals surface area (Å²) in [6.07, 6.45) is 8.75. The largest absolute Gasteiger partial charge is 0.490 e. The average molecular weight is 539 g/mol. The van der Waals surface area contributed by atoms with Crippen molar-refractivity contribution in [3.8, 4) is 5.75 Å². The molecular formula is C31H39ClN2O4. The van der Waals surface area contributed by atoms with Gasteiger partial charge in [0.1, 0.15) is 5.75 Å². The van der Waals surface area contributed by atoms with Gasteiger partial charge in [-0.25, -0.2) is 0 Å². The van der Waals surface area contributed by atoms with Crippen LogP contribution in [0.15, 0.2) is 36.4 Å². The minimum absolute atomic E-state index is 0.0326. The molecule has 1 unspecified atom stereocenters. The van der Waals surface area contributed by atoms with Gasteiger partial charge in [0.25, 0.3) is 0 Å². The average Bonchev–Trinajstić information content (AvgIpc) is 3.07. The van der Waals surface area contributed by atoms with Gasteiger partial charge in [-0.1, -0.05) is 43.0 Å². The second-order valence-corrected chi connectivity index (χ2v) is 11.7. The van der Waals surface area contributed by atoms with E-state index in [0.717, 1.165) is 86.5 Å². The Bertz CT molecular complexity index is 1180. The smallest absolute Gasteiger partial charge is 0.313 e. The fourth-order valence-corrected chi connectivity index (χ4v) is 6.70. The van der Waals surface area contributed by atoms with Crippen molar-refractivity contribution in [2.75, 3.05) is 45.3 Å². The van der Waals surface area contributed by atoms with Crippen LogP contribution in [-0.2, 0) is 26.2 Å². The lowest BCUT2D eigenvalue weighted by Gasteiger charge is -2.41. The van der Waals surface area contributed by atoms with Gasteiger partial charge < -0.3 is 19.3 Å². The van der Waals surface area contributed by atoms with E-state index in [1.165, 1.54) is 18.2 Å². The maximum Gasteiger partial charge on any atom is 0.313 e. The second kappa shape index (κ2) is 11.6. The topological polar surface area (TPSA) is 59.1 Å². The van der Waals surface area contributed by atoms with Crippen molar-refractivity contribution >= 4 is 29.2 Å². The number of amides is 1. The summed E-state index contributed by atoms with van der Waals surface area (Å²) in [7, 11) is 3.22. The lowest BCUT2D eigenvalue weighted by Crippen LogP contribution is -2.46. The van der Waals surface area contributed by atoms with Gasteiger partial charge in [0, 0.05) is 43.5 Å². The van der Waals surface area contributed by atoms with Gasteiger partial charge in [0.15, 0.2) is 0 Å². The maximum atomic E-state index is 13.0. The Labute approximate surface area is 231 Å². The highest BCUT2D eigenvalue weighted by molar-refractivity contribution is 6.30. The van der Waals surface area contributed by atoms with Crippen molar-refractivity contribution < 1.29 is 19.1 Å². The highest BCUT2D eigenvalue weighted by Crippen LogP contribution is 2.45. The van der Waals surface area contributed by atoms with Crippen LogP contribution in [0, 0.1) is 0 Å². The monoisotopic (exact) mass is 538 g/mol. The highest BCUT2D eigenvalue weighted by Gasteiger charge is 2.42. The third-order valence-electron chi connectivity index (χ3n) is 8.68. The van der Waals surface area contributed by atoms with Crippen LogP contribution in [0.3, 0.4) is 0 Å². The number of rotatable bonds is 1. The Kier molecular flexibility index (Phi) is 8.18. The molecule has 0 saturated heterocycles. The quantitative estimate of drug-likeness (QED) is 0.424. The molecule has 204 valence electrons. The van der Waals surface area contributed by atoms with E-state index in [4.69, 9.17) is 21.1 Å². The van der Waals surface area contributed by atoms with Gasteiger partial charge >= 0.3 is 5.97 Å². The van der Waals surface area contributed by atoms with Gasteiger partial charge in [-0.05, 0) is 73.1 Å². The molecule has 0 saturated carbocycles. The standard InChI is InChI=1S/C31H39ClN2O4/c1-33-15-6-4-3-5-7-16-34-20-31(14-8-9-23-17-24(32)11-12-26(23)31)21-38-28-13-10-22(18-27(28)34)25(19-29(33)35)30(36)37-2/h10-13,17-18,25H,3-9,14-16,19-21H2,1-2H3/t25?,31-/m0/s1. The molecule has 6 nitrogen and oxygen atoms in total. The summed E-state index contributed by atoms with van der Waals surface area (Å²) in [4.78, 5) is 30.2. The number of hydrogen-bond donors (Lipinski definition) is 0. The van der Waals surface area contributed by atoms with Crippen molar-refractivity contribution in [2.24, 2.45) is 0 Å². The third-order valence-corrected chi connectivity index (χ3v) is 8.91. The van der Waals surface area contributed by atoms with Gasteiger partial charge in [-0.15, -0.1) is 0 Å². The van der Waals surface area contributed by atoms with Crippen LogP contribution in [0.2, 0.25) is 5.02 Å². The molecule has 0 radical (unpaired) electrons. The predicted molar refractivity (Wildman–Crippen MR) is 150 cm³/mol. The number of nitrogens with zero attached hydrogens (tertiary/aromatic N) is 2. The number of esters is 1. The minimum atomic E-state index is -0.651. The summed E-state index contributed by atoms with van der Waals surface area (Å²) in [6.45, 7) is 3.09. The molecule has 0 N–H and O–H groups in total. The van der Waals surface area contributed by atoms with Crippen LogP contribution < -0.4 is 9.64 Å². The van der Waals surface area contributed by atoms with Crippen LogP contribution in [0.1, 0.15) is 74.0 Å². The van der Waals surface area contributed by atoms with Crippen LogP contribution in [0.4, 0.5) is 5.69 Å². The molecule has 0 fully saturated rings. The Morgan fingerprint density at radius 3 is 2.66 bits per heavy atom. The highest BCUT2D eigenvalue weighted by atomic mass is 35.5. The number of aryl methyl sites for hydroxylation is 1. The first kappa shape index (κ1) is 26.9. The van der Waals surface area contributed by atoms with Crippen molar-refractivity contribution in [3.05, 3.63) is 58.1 Å². The Balaban J connectivity index is 1.55. The molecule has 1 spiro atoms. The van der Waals surface area contributed by atoms with E-state index in [9.17, 15) is 9.59 Å². The number of anilines is 1. The number of halogens is 1. The zero-order valence-electron chi connectivity index (χ0n) is 22.6. The predicted octanol–water partition coefficient (Wildman–Crippen LogP) is 5.88. The number of hydrogen-bond acceptors (Lipinski definition) is 5. The first-order chi connectivity index (χ1) is 18.4. The molecule has 2 aromatic rings. The molecule has 38 heavy (non-hydrogen) atoms. The van der Waals surface area contributed by atoms with Crippen LogP contribution >= 0.6 is 11.6 Å². The van der Waals surface area contributed by atoms with Crippen LogP contribution in [-0.4, -0.2) is 57.2 Å². The number of carbonyl (C=O) groups excluding carboxylic acids is 2. The van der Waals surface area contributed by atoms with E-state index < -0.39 is 5.92 Å². The van der Waals surface area contributed by atoms with Crippen molar-refractivity contribution in [3.63, 3.8) is 0 Å². The molecule has 0 aromatic heterocycles. The summed E-state index contributed by atoms with van der Waals surface area (Å²) in [5, 5.41) is 0.784. The van der Waals surface area contributed by atoms with E-state index in [-0.39, 0.29) is 23.7 Å². The van der Waals surface area contributed by atoms with Gasteiger partial charge in [-0.3, -0.25) is 9.59 Å². The van der Waals surface area contributed by atoms with E-state index in [2.05, 4.69) is 23.1 Å². The summed E-state index contributed by atoms with van der Waals surface area (Å²) in [5.74, 6) is -0.230. The normalized spacial score (nSPS) is 24.5. The first-order valence-electron chi connectivity index (χ1n) is 14.0. The van der Waals surface area contributed by atoms with E-state index in [1.807, 2.05) is 25.2 Å². The number of ether oxygens (including phenoxy) is 2. The minimum Gasteiger partial charge on any atom is -0.490 e. The molecular weight excluding hydrogens is 500 g/mol. The fraction of sp³-hybridized carbons (Fsp3) is 0.548. The molecule has 2 bridgehead atoms. The Hall–Kier alpha value is -2.73. The van der Waals surface area contributed by atoms with Gasteiger partial charge in [0.2, 0.25) is 5.91 Å². The lowest BCUT2D eigenvalue weighted by atomic mass is 9.70. The summed E-state index contributed by atoms with van der Waals surface area (Å²) in [5.41, 5.74) is 4.35. The lowest BCUT2D eigenvalue weighted by molar-refractivity contribution is -0.145. The summed E-state index contributed by atoms with van der Waals surface area (Å²) < 4.78 is 11.7. The fourth-order valence-electron chi connectivity index (χ4n) is 6.50. The van der Waals surface area contributed by atoms with Gasteiger partial charge in [0.05, 0.1) is 25.3 Å². The first-order valence-corrected chi connectivity index (χ1v) is 14.4. The molecule has 2 atom stereocenters. The maximum absolute atomic E-state index is 13.0. The molecule has 7 heteroatoms. The molecule has 2 heterocycles. The van der Waals surface area contributed by atoms with Crippen molar-refractivity contribution in [1.29, 1.82) is 0 Å². The van der Waals surface area contributed by atoms with E-state index >= 15 is 0 Å². The number of methoxy groups -OCH3 is 1. The van der Waals surface area contributed by atoms with E-state index in [1.54, 1.807) is 4.90 Å². The Morgan fingerprint density at radius 2 is 1.84 bits per heavy atom. The van der Waals surface area contributed by atoms with Crippen LogP contribution in [0.25, 0.3) is 0 Å². The van der Waals surface area contributed by atoms with Crippen molar-refractivity contribution in [1.82, 2.24) is 4.90 Å². The van der Waals surface area contributed by atoms with Gasteiger partial charge in [-0.2, -0.15) is 0 Å². The molecule has 3 aliphatic rings. The molecule has 2 aliphatic heterocycles. The summed E-state index contributed by atoms with van der Waals surface area (Å²) in [6, 6.07) is 12.3. The third kappa shape index (κ3) is 5.51. The number of benzene rings is 2. The zero-order chi connectivity index (χ0) is 26.7. The van der Waals surface area contributed by atoms with Crippen LogP contribution in [0.5, 0.6) is 5.75 Å². The molecule has 1 amide bonds. The SMILES string of the molecule is COC(=O)C1CC(=O)N(C)CCCCCCCN2C[C@@]3(CCCc4cc(Cl)ccc43)COc3ccc1cc32. The second-order valence-electron chi connectivity index (χ2n) is 11.2. The Morgan fingerprint density at radius 1 is 1.05 bits per heavy atom. The summed E-state index contributed by atoms with van der Waals surface area (Å²) >= 11 is 6.38. The molecule has 1 aliphatic carbocycles. The number of carbonyl (C=O) groups is 2.